The van der Waals surface area contributed by atoms with E-state index >= 15 is 0 Å². The lowest BCUT2D eigenvalue weighted by molar-refractivity contribution is 0.0697. The molecule has 15 heavy (non-hydrogen) atoms. The van der Waals surface area contributed by atoms with Crippen molar-refractivity contribution in [2.45, 2.75) is 5.03 Å². The Bertz CT molecular complexity index is 509. The highest BCUT2D eigenvalue weighted by molar-refractivity contribution is 7.99. The van der Waals surface area contributed by atoms with Crippen molar-refractivity contribution in [2.75, 3.05) is 5.88 Å². The molecule has 0 aliphatic rings. The molecule has 0 aliphatic carbocycles. The largest absolute Gasteiger partial charge is 0.478 e. The lowest BCUT2D eigenvalue weighted by Crippen LogP contribution is -1.95. The lowest BCUT2D eigenvalue weighted by atomic mass is 10.2. The highest BCUT2D eigenvalue weighted by Gasteiger charge is 2.09. The molecule has 0 unspecified atom stereocenters. The van der Waals surface area contributed by atoms with E-state index in [0.29, 0.717) is 5.88 Å². The quantitative estimate of drug-likeness (QED) is 0.538. The summed E-state index contributed by atoms with van der Waals surface area (Å²) in [4.78, 5) is 10.8. The van der Waals surface area contributed by atoms with E-state index in [1.807, 2.05) is 0 Å². The van der Waals surface area contributed by atoms with Gasteiger partial charge < -0.3 is 10.8 Å². The SMILES string of the molecule is NCSc1n[nH]c2ccc(C(=O)O)cc12. The van der Waals surface area contributed by atoms with Crippen LogP contribution in [0.1, 0.15) is 10.4 Å². The summed E-state index contributed by atoms with van der Waals surface area (Å²) in [7, 11) is 0. The molecule has 1 aromatic carbocycles. The van der Waals surface area contributed by atoms with Crippen LogP contribution in [0.15, 0.2) is 23.2 Å². The molecule has 1 heterocycles. The molecule has 2 rings (SSSR count). The van der Waals surface area contributed by atoms with Gasteiger partial charge in [-0.05, 0) is 18.2 Å². The zero-order valence-corrected chi connectivity index (χ0v) is 8.54. The van der Waals surface area contributed by atoms with E-state index in [0.717, 1.165) is 15.9 Å². The van der Waals surface area contributed by atoms with Gasteiger partial charge in [-0.15, -0.1) is 0 Å². The van der Waals surface area contributed by atoms with Crippen LogP contribution in [-0.4, -0.2) is 27.1 Å². The molecule has 0 bridgehead atoms. The van der Waals surface area contributed by atoms with Gasteiger partial charge in [-0.3, -0.25) is 5.10 Å². The van der Waals surface area contributed by atoms with Gasteiger partial charge >= 0.3 is 5.97 Å². The van der Waals surface area contributed by atoms with Crippen LogP contribution in [0, 0.1) is 0 Å². The van der Waals surface area contributed by atoms with Crippen LogP contribution in [0.2, 0.25) is 0 Å². The molecular formula is C9H9N3O2S. The van der Waals surface area contributed by atoms with Crippen molar-refractivity contribution >= 4 is 28.6 Å². The van der Waals surface area contributed by atoms with E-state index in [1.165, 1.54) is 11.8 Å². The standard InChI is InChI=1S/C9H9N3O2S/c10-4-15-8-6-3-5(9(13)14)1-2-7(6)11-12-8/h1-3H,4,10H2,(H,11,12)(H,13,14). The summed E-state index contributed by atoms with van der Waals surface area (Å²) in [6.45, 7) is 0. The maximum Gasteiger partial charge on any atom is 0.335 e. The summed E-state index contributed by atoms with van der Waals surface area (Å²) < 4.78 is 0. The predicted octanol–water partition coefficient (Wildman–Crippen LogP) is 1.27. The molecule has 0 aliphatic heterocycles. The maximum absolute atomic E-state index is 10.8. The zero-order chi connectivity index (χ0) is 10.8. The number of nitrogens with zero attached hydrogens (tertiary/aromatic N) is 1. The molecule has 5 nitrogen and oxygen atoms in total. The van der Waals surface area contributed by atoms with Gasteiger partial charge in [0.05, 0.1) is 11.1 Å². The number of H-pyrrole nitrogens is 1. The number of rotatable bonds is 3. The number of benzene rings is 1. The summed E-state index contributed by atoms with van der Waals surface area (Å²) in [6, 6.07) is 4.84. The molecule has 4 N–H and O–H groups in total. The van der Waals surface area contributed by atoms with Gasteiger partial charge in [-0.2, -0.15) is 5.10 Å². The summed E-state index contributed by atoms with van der Waals surface area (Å²) in [5.41, 5.74) is 6.47. The Labute approximate surface area is 89.7 Å². The van der Waals surface area contributed by atoms with Gasteiger partial charge in [-0.1, -0.05) is 11.8 Å². The number of aromatic carboxylic acids is 1. The number of hydrogen-bond donors (Lipinski definition) is 3. The molecule has 0 saturated heterocycles. The molecule has 6 heteroatoms. The molecule has 0 spiro atoms. The number of carboxylic acid groups (broad SMARTS) is 1. The molecule has 78 valence electrons. The van der Waals surface area contributed by atoms with Crippen molar-refractivity contribution < 1.29 is 9.90 Å². The average Bonchev–Trinajstić information content (AvgIpc) is 2.61. The lowest BCUT2D eigenvalue weighted by Gasteiger charge is -1.96. The van der Waals surface area contributed by atoms with E-state index in [-0.39, 0.29) is 5.56 Å². The number of nitrogens with one attached hydrogen (secondary N) is 1. The molecule has 0 saturated carbocycles. The van der Waals surface area contributed by atoms with Crippen LogP contribution in [0.3, 0.4) is 0 Å². The Morgan fingerprint density at radius 2 is 2.40 bits per heavy atom. The molecular weight excluding hydrogens is 214 g/mol. The zero-order valence-electron chi connectivity index (χ0n) is 7.73. The van der Waals surface area contributed by atoms with Gasteiger partial charge in [0, 0.05) is 11.3 Å². The normalized spacial score (nSPS) is 10.7. The highest BCUT2D eigenvalue weighted by Crippen LogP contribution is 2.25. The Morgan fingerprint density at radius 3 is 3.07 bits per heavy atom. The van der Waals surface area contributed by atoms with Crippen LogP contribution in [0.25, 0.3) is 10.9 Å². The van der Waals surface area contributed by atoms with Gasteiger partial charge in [0.15, 0.2) is 0 Å². The van der Waals surface area contributed by atoms with Crippen molar-refractivity contribution in [3.8, 4) is 0 Å². The summed E-state index contributed by atoms with van der Waals surface area (Å²) in [5.74, 6) is -0.529. The van der Waals surface area contributed by atoms with Crippen LogP contribution < -0.4 is 5.73 Å². The van der Waals surface area contributed by atoms with Crippen molar-refractivity contribution in [2.24, 2.45) is 5.73 Å². The van der Waals surface area contributed by atoms with Crippen molar-refractivity contribution in [1.82, 2.24) is 10.2 Å². The third-order valence-corrected chi connectivity index (χ3v) is 2.75. The second-order valence-electron chi connectivity index (χ2n) is 2.91. The van der Waals surface area contributed by atoms with Gasteiger partial charge in [0.1, 0.15) is 5.03 Å². The van der Waals surface area contributed by atoms with Crippen molar-refractivity contribution in [3.63, 3.8) is 0 Å². The Morgan fingerprint density at radius 1 is 1.60 bits per heavy atom. The fraction of sp³-hybridized carbons (Fsp3) is 0.111. The van der Waals surface area contributed by atoms with Crippen molar-refractivity contribution in [3.05, 3.63) is 23.8 Å². The van der Waals surface area contributed by atoms with E-state index < -0.39 is 5.97 Å². The Balaban J connectivity index is 2.56. The fourth-order valence-corrected chi connectivity index (χ4v) is 1.90. The van der Waals surface area contributed by atoms with E-state index in [4.69, 9.17) is 10.8 Å². The Kier molecular flexibility index (Phi) is 2.61. The second kappa shape index (κ2) is 3.92. The fourth-order valence-electron chi connectivity index (χ4n) is 1.31. The van der Waals surface area contributed by atoms with Gasteiger partial charge in [0.25, 0.3) is 0 Å². The summed E-state index contributed by atoms with van der Waals surface area (Å²) in [5, 5.41) is 17.2. The third kappa shape index (κ3) is 1.81. The van der Waals surface area contributed by atoms with E-state index in [1.54, 1.807) is 18.2 Å². The first-order chi connectivity index (χ1) is 7.22. The molecule has 1 aromatic heterocycles. The molecule has 0 amide bonds. The van der Waals surface area contributed by atoms with Gasteiger partial charge in [-0.25, -0.2) is 4.79 Å². The molecule has 2 aromatic rings. The maximum atomic E-state index is 10.8. The number of fused-ring (bicyclic) bond motifs is 1. The van der Waals surface area contributed by atoms with Crippen LogP contribution >= 0.6 is 11.8 Å². The summed E-state index contributed by atoms with van der Waals surface area (Å²) in [6.07, 6.45) is 0. The highest BCUT2D eigenvalue weighted by atomic mass is 32.2. The number of thioether (sulfide) groups is 1. The minimum Gasteiger partial charge on any atom is -0.478 e. The molecule has 0 fully saturated rings. The predicted molar refractivity (Wildman–Crippen MR) is 58.0 cm³/mol. The van der Waals surface area contributed by atoms with Crippen LogP contribution in [-0.2, 0) is 0 Å². The first-order valence-electron chi connectivity index (χ1n) is 4.26. The smallest absolute Gasteiger partial charge is 0.335 e. The van der Waals surface area contributed by atoms with E-state index in [9.17, 15) is 4.79 Å². The number of carbonyl (C=O) groups is 1. The van der Waals surface area contributed by atoms with Gasteiger partial charge in [0.2, 0.25) is 0 Å². The van der Waals surface area contributed by atoms with Crippen molar-refractivity contribution in [1.29, 1.82) is 0 Å². The first-order valence-corrected chi connectivity index (χ1v) is 5.25. The molecule has 0 atom stereocenters. The number of aromatic nitrogens is 2. The number of hydrogen-bond acceptors (Lipinski definition) is 4. The topological polar surface area (TPSA) is 92.0 Å². The third-order valence-electron chi connectivity index (χ3n) is 1.99. The monoisotopic (exact) mass is 223 g/mol. The average molecular weight is 223 g/mol. The minimum absolute atomic E-state index is 0.253. The number of carboxylic acids is 1. The second-order valence-corrected chi connectivity index (χ2v) is 3.91. The Hall–Kier alpha value is -1.53. The summed E-state index contributed by atoms with van der Waals surface area (Å²) >= 11 is 1.37. The van der Waals surface area contributed by atoms with Crippen LogP contribution in [0.5, 0.6) is 0 Å². The number of aromatic amines is 1. The number of nitrogens with two attached hydrogens (primary N) is 1. The van der Waals surface area contributed by atoms with E-state index in [2.05, 4.69) is 10.2 Å². The first kappa shape index (κ1) is 10.0. The molecule has 0 radical (unpaired) electrons. The minimum atomic E-state index is -0.943. The van der Waals surface area contributed by atoms with Crippen LogP contribution in [0.4, 0.5) is 0 Å².